The van der Waals surface area contributed by atoms with Crippen molar-refractivity contribution in [1.82, 2.24) is 14.9 Å². The van der Waals surface area contributed by atoms with Gasteiger partial charge in [-0.2, -0.15) is 0 Å². The molecule has 126 valence electrons. The van der Waals surface area contributed by atoms with E-state index in [9.17, 15) is 13.2 Å². The molecule has 0 radical (unpaired) electrons. The number of carbonyl (C=O) groups excluding carboxylic acids is 1. The normalized spacial score (nSPS) is 23.7. The van der Waals surface area contributed by atoms with E-state index in [0.29, 0.717) is 44.2 Å². The van der Waals surface area contributed by atoms with Gasteiger partial charge in [0.05, 0.1) is 30.3 Å². The highest BCUT2D eigenvalue weighted by Crippen LogP contribution is 2.20. The minimum absolute atomic E-state index is 0.106. The maximum Gasteiger partial charge on any atom is 0.257 e. The van der Waals surface area contributed by atoms with Crippen molar-refractivity contribution < 1.29 is 17.9 Å². The van der Waals surface area contributed by atoms with E-state index in [1.165, 1.54) is 12.4 Å². The Labute approximate surface area is 135 Å². The summed E-state index contributed by atoms with van der Waals surface area (Å²) in [7, 11) is -1.17. The van der Waals surface area contributed by atoms with Gasteiger partial charge in [0.1, 0.15) is 0 Å². The molecule has 0 bridgehead atoms. The number of aromatic nitrogens is 2. The standard InChI is InChI=1S/C14H20N4O4S/c1-17(12-2-7-23(20,21)10-12)14-15-8-11(9-16-14)13(19)18-3-5-22-6-4-18/h8-9,12H,2-7,10H2,1H3. The molecule has 9 heteroatoms. The zero-order valence-electron chi connectivity index (χ0n) is 13.0. The molecule has 1 atom stereocenters. The summed E-state index contributed by atoms with van der Waals surface area (Å²) in [5.41, 5.74) is 0.433. The van der Waals surface area contributed by atoms with Gasteiger partial charge in [0.2, 0.25) is 5.95 Å². The topological polar surface area (TPSA) is 92.7 Å². The highest BCUT2D eigenvalue weighted by molar-refractivity contribution is 7.91. The van der Waals surface area contributed by atoms with E-state index in [1.54, 1.807) is 16.8 Å². The number of carbonyl (C=O) groups is 1. The van der Waals surface area contributed by atoms with E-state index in [2.05, 4.69) is 9.97 Å². The van der Waals surface area contributed by atoms with Crippen LogP contribution >= 0.6 is 0 Å². The van der Waals surface area contributed by atoms with Crippen molar-refractivity contribution in [2.24, 2.45) is 0 Å². The number of hydrogen-bond acceptors (Lipinski definition) is 7. The average molecular weight is 340 g/mol. The van der Waals surface area contributed by atoms with E-state index in [-0.39, 0.29) is 23.5 Å². The van der Waals surface area contributed by atoms with Gasteiger partial charge in [-0.1, -0.05) is 0 Å². The quantitative estimate of drug-likeness (QED) is 0.737. The fourth-order valence-corrected chi connectivity index (χ4v) is 4.58. The molecule has 2 fully saturated rings. The Bertz CT molecular complexity index is 671. The Morgan fingerprint density at radius 2 is 1.96 bits per heavy atom. The third-order valence-corrected chi connectivity index (χ3v) is 6.01. The van der Waals surface area contributed by atoms with Crippen LogP contribution in [0.2, 0.25) is 0 Å². The lowest BCUT2D eigenvalue weighted by atomic mass is 10.2. The van der Waals surface area contributed by atoms with Crippen LogP contribution < -0.4 is 4.90 Å². The van der Waals surface area contributed by atoms with Crippen LogP contribution in [-0.4, -0.2) is 80.1 Å². The maximum absolute atomic E-state index is 12.3. The van der Waals surface area contributed by atoms with Crippen molar-refractivity contribution in [2.75, 3.05) is 49.8 Å². The van der Waals surface area contributed by atoms with Crippen LogP contribution in [0.1, 0.15) is 16.8 Å². The summed E-state index contributed by atoms with van der Waals surface area (Å²) in [4.78, 5) is 24.3. The lowest BCUT2D eigenvalue weighted by Gasteiger charge is -2.27. The zero-order valence-corrected chi connectivity index (χ0v) is 13.8. The number of hydrogen-bond donors (Lipinski definition) is 0. The molecule has 3 rings (SSSR count). The molecule has 1 amide bonds. The first-order chi connectivity index (χ1) is 11.0. The van der Waals surface area contributed by atoms with Crippen LogP contribution in [0.5, 0.6) is 0 Å². The van der Waals surface area contributed by atoms with E-state index < -0.39 is 9.84 Å². The lowest BCUT2D eigenvalue weighted by Crippen LogP contribution is -2.40. The number of morpholine rings is 1. The predicted molar refractivity (Wildman–Crippen MR) is 84.2 cm³/mol. The van der Waals surface area contributed by atoms with Crippen molar-refractivity contribution in [2.45, 2.75) is 12.5 Å². The Hall–Kier alpha value is -1.74. The van der Waals surface area contributed by atoms with Crippen LogP contribution in [0, 0.1) is 0 Å². The largest absolute Gasteiger partial charge is 0.378 e. The zero-order chi connectivity index (χ0) is 16.4. The molecule has 1 unspecified atom stereocenters. The lowest BCUT2D eigenvalue weighted by molar-refractivity contribution is 0.0302. The molecule has 2 aliphatic rings. The number of sulfone groups is 1. The van der Waals surface area contributed by atoms with Gasteiger partial charge in [0.25, 0.3) is 5.91 Å². The molecule has 0 spiro atoms. The molecule has 2 saturated heterocycles. The Morgan fingerprint density at radius 1 is 1.30 bits per heavy atom. The van der Waals surface area contributed by atoms with Crippen molar-refractivity contribution in [1.29, 1.82) is 0 Å². The summed E-state index contributed by atoms with van der Waals surface area (Å²) in [6.07, 6.45) is 3.58. The number of amides is 1. The Kier molecular flexibility index (Phi) is 4.49. The summed E-state index contributed by atoms with van der Waals surface area (Å²) >= 11 is 0. The van der Waals surface area contributed by atoms with Gasteiger partial charge in [-0.3, -0.25) is 4.79 Å². The molecular formula is C14H20N4O4S. The second kappa shape index (κ2) is 6.40. The highest BCUT2D eigenvalue weighted by Gasteiger charge is 2.31. The molecule has 0 saturated carbocycles. The van der Waals surface area contributed by atoms with Crippen molar-refractivity contribution in [3.8, 4) is 0 Å². The fourth-order valence-electron chi connectivity index (χ4n) is 2.81. The maximum atomic E-state index is 12.3. The van der Waals surface area contributed by atoms with Gasteiger partial charge in [-0.15, -0.1) is 0 Å². The molecule has 23 heavy (non-hydrogen) atoms. The van der Waals surface area contributed by atoms with Crippen molar-refractivity contribution in [3.63, 3.8) is 0 Å². The number of ether oxygens (including phenoxy) is 1. The molecule has 0 N–H and O–H groups in total. The predicted octanol–water partition coefficient (Wildman–Crippen LogP) is -0.428. The molecular weight excluding hydrogens is 320 g/mol. The molecule has 8 nitrogen and oxygen atoms in total. The molecule has 0 aromatic carbocycles. The third-order valence-electron chi connectivity index (χ3n) is 4.26. The molecule has 1 aromatic rings. The summed E-state index contributed by atoms with van der Waals surface area (Å²) in [5.74, 6) is 0.660. The minimum atomic E-state index is -2.95. The number of rotatable bonds is 3. The van der Waals surface area contributed by atoms with Crippen molar-refractivity contribution in [3.05, 3.63) is 18.0 Å². The fraction of sp³-hybridized carbons (Fsp3) is 0.643. The molecule has 2 aliphatic heterocycles. The van der Waals surface area contributed by atoms with Gasteiger partial charge in [0.15, 0.2) is 9.84 Å². The first-order valence-corrected chi connectivity index (χ1v) is 9.41. The first-order valence-electron chi connectivity index (χ1n) is 7.58. The monoisotopic (exact) mass is 340 g/mol. The van der Waals surface area contributed by atoms with Gasteiger partial charge in [-0.05, 0) is 6.42 Å². The highest BCUT2D eigenvalue weighted by atomic mass is 32.2. The van der Waals surface area contributed by atoms with Crippen LogP contribution in [0.15, 0.2) is 12.4 Å². The summed E-state index contributed by atoms with van der Waals surface area (Å²) < 4.78 is 28.4. The Balaban J connectivity index is 1.68. The SMILES string of the molecule is CN(c1ncc(C(=O)N2CCOCC2)cn1)C1CCS(=O)(=O)C1. The van der Waals surface area contributed by atoms with Crippen molar-refractivity contribution >= 4 is 21.7 Å². The third kappa shape index (κ3) is 3.61. The summed E-state index contributed by atoms with van der Waals surface area (Å²) in [5, 5.41) is 0. The van der Waals surface area contributed by atoms with E-state index in [4.69, 9.17) is 4.74 Å². The van der Waals surface area contributed by atoms with Gasteiger partial charge >= 0.3 is 0 Å². The van der Waals surface area contributed by atoms with E-state index in [0.717, 1.165) is 0 Å². The van der Waals surface area contributed by atoms with Crippen LogP contribution in [0.4, 0.5) is 5.95 Å². The smallest absolute Gasteiger partial charge is 0.257 e. The average Bonchev–Trinajstić information content (AvgIpc) is 2.94. The van der Waals surface area contributed by atoms with Gasteiger partial charge < -0.3 is 14.5 Å². The van der Waals surface area contributed by atoms with E-state index in [1.807, 2.05) is 0 Å². The molecule has 3 heterocycles. The minimum Gasteiger partial charge on any atom is -0.378 e. The summed E-state index contributed by atoms with van der Waals surface area (Å²) in [6, 6.07) is -0.110. The first kappa shape index (κ1) is 16.1. The summed E-state index contributed by atoms with van der Waals surface area (Å²) in [6.45, 7) is 2.23. The van der Waals surface area contributed by atoms with Gasteiger partial charge in [0, 0.05) is 38.6 Å². The second-order valence-corrected chi connectivity index (χ2v) is 8.07. The Morgan fingerprint density at radius 3 is 2.52 bits per heavy atom. The molecule has 1 aromatic heterocycles. The van der Waals surface area contributed by atoms with Crippen LogP contribution in [0.3, 0.4) is 0 Å². The molecule has 0 aliphatic carbocycles. The van der Waals surface area contributed by atoms with E-state index >= 15 is 0 Å². The van der Waals surface area contributed by atoms with Crippen LogP contribution in [0.25, 0.3) is 0 Å². The van der Waals surface area contributed by atoms with Crippen LogP contribution in [-0.2, 0) is 14.6 Å². The second-order valence-electron chi connectivity index (χ2n) is 5.84. The number of anilines is 1. The van der Waals surface area contributed by atoms with Gasteiger partial charge in [-0.25, -0.2) is 18.4 Å². The number of nitrogens with zero attached hydrogens (tertiary/aromatic N) is 4.